The molecule has 3 aromatic carbocycles. The number of thioether (sulfide) groups is 1. The fourth-order valence-corrected chi connectivity index (χ4v) is 4.55. The number of benzene rings is 3. The first-order valence-corrected chi connectivity index (χ1v) is 11.8. The first-order valence-electron chi connectivity index (χ1n) is 11.0. The fourth-order valence-electron chi connectivity index (χ4n) is 3.71. The lowest BCUT2D eigenvalue weighted by atomic mass is 10.0. The van der Waals surface area contributed by atoms with Crippen molar-refractivity contribution in [1.29, 1.82) is 0 Å². The van der Waals surface area contributed by atoms with Crippen LogP contribution in [0.2, 0.25) is 0 Å². The third kappa shape index (κ3) is 5.34. The van der Waals surface area contributed by atoms with Gasteiger partial charge in [0.05, 0.1) is 23.3 Å². The molecule has 3 aromatic rings. The normalized spacial score (nSPS) is 14.2. The van der Waals surface area contributed by atoms with Crippen molar-refractivity contribution in [2.45, 2.75) is 13.0 Å². The summed E-state index contributed by atoms with van der Waals surface area (Å²) in [6.45, 7) is 4.02. The van der Waals surface area contributed by atoms with E-state index in [1.54, 1.807) is 54.6 Å². The second-order valence-corrected chi connectivity index (χ2v) is 8.84. The number of methoxy groups -OCH3 is 1. The van der Waals surface area contributed by atoms with Gasteiger partial charge in [0.2, 0.25) is 0 Å². The Kier molecular flexibility index (Phi) is 7.56. The largest absolute Gasteiger partial charge is 0.493 e. The molecule has 1 aliphatic rings. The molecule has 1 fully saturated rings. The molecule has 0 saturated carbocycles. The summed E-state index contributed by atoms with van der Waals surface area (Å²) in [5, 5.41) is 8.72. The number of hydrogen-bond donors (Lipinski definition) is 1. The zero-order valence-corrected chi connectivity index (χ0v) is 20.3. The van der Waals surface area contributed by atoms with Crippen LogP contribution in [-0.4, -0.2) is 29.3 Å². The summed E-state index contributed by atoms with van der Waals surface area (Å²) in [5.41, 5.74) is 2.99. The van der Waals surface area contributed by atoms with Gasteiger partial charge in [-0.3, -0.25) is 9.59 Å². The molecule has 1 N–H and O–H groups in total. The van der Waals surface area contributed by atoms with Crippen molar-refractivity contribution >= 4 is 40.6 Å². The van der Waals surface area contributed by atoms with Gasteiger partial charge in [0, 0.05) is 5.56 Å². The number of amides is 2. The molecule has 8 heteroatoms. The highest BCUT2D eigenvalue weighted by molar-refractivity contribution is 8.19. The first kappa shape index (κ1) is 24.8. The molecule has 182 valence electrons. The third-order valence-electron chi connectivity index (χ3n) is 5.43. The van der Waals surface area contributed by atoms with E-state index in [-0.39, 0.29) is 23.3 Å². The number of carbonyl (C=O) groups is 3. The van der Waals surface area contributed by atoms with E-state index in [2.05, 4.69) is 6.58 Å². The molecule has 7 nitrogen and oxygen atoms in total. The molecule has 4 rings (SSSR count). The highest BCUT2D eigenvalue weighted by Gasteiger charge is 2.36. The Morgan fingerprint density at radius 3 is 2.44 bits per heavy atom. The minimum absolute atomic E-state index is 0.199. The Morgan fingerprint density at radius 2 is 1.81 bits per heavy atom. The van der Waals surface area contributed by atoms with Gasteiger partial charge in [0.25, 0.3) is 11.1 Å². The zero-order chi connectivity index (χ0) is 25.7. The number of rotatable bonds is 9. The predicted molar refractivity (Wildman–Crippen MR) is 140 cm³/mol. The number of carboxylic acids is 1. The van der Waals surface area contributed by atoms with Gasteiger partial charge >= 0.3 is 5.97 Å². The van der Waals surface area contributed by atoms with E-state index in [1.165, 1.54) is 19.2 Å². The molecule has 0 aliphatic carbocycles. The van der Waals surface area contributed by atoms with Crippen LogP contribution in [0.15, 0.2) is 84.3 Å². The number of anilines is 1. The number of ether oxygens (including phenoxy) is 2. The molecule has 2 amide bonds. The summed E-state index contributed by atoms with van der Waals surface area (Å²) in [4.78, 5) is 38.1. The smallest absolute Gasteiger partial charge is 0.335 e. The van der Waals surface area contributed by atoms with Gasteiger partial charge in [-0.15, -0.1) is 6.58 Å². The van der Waals surface area contributed by atoms with Gasteiger partial charge < -0.3 is 14.6 Å². The summed E-state index contributed by atoms with van der Waals surface area (Å²) >= 11 is 0.884. The Hall–Kier alpha value is -4.30. The lowest BCUT2D eigenvalue weighted by Crippen LogP contribution is -2.27. The van der Waals surface area contributed by atoms with E-state index in [1.807, 2.05) is 12.1 Å². The van der Waals surface area contributed by atoms with E-state index in [4.69, 9.17) is 14.6 Å². The Bertz CT molecular complexity index is 1350. The van der Waals surface area contributed by atoms with Gasteiger partial charge in [-0.05, 0) is 71.8 Å². The van der Waals surface area contributed by atoms with Crippen LogP contribution in [0.5, 0.6) is 11.5 Å². The number of carbonyl (C=O) groups excluding carboxylic acids is 2. The minimum atomic E-state index is -0.991. The van der Waals surface area contributed by atoms with Gasteiger partial charge in [-0.25, -0.2) is 9.69 Å². The standard InChI is InChI=1S/C28H23NO6S/c1-3-7-21-14-19(16-24-26(30)29(28(33)36-24)22-8-5-4-6-9-22)15-23(34-2)25(21)35-17-18-10-12-20(13-11-18)27(31)32/h3-6,8-16H,1,7,17H2,2H3,(H,31,32)/b24-16-. The molecular formula is C28H23NO6S. The summed E-state index contributed by atoms with van der Waals surface area (Å²) in [6, 6.07) is 18.8. The Balaban J connectivity index is 1.61. The predicted octanol–water partition coefficient (Wildman–Crippen LogP) is 5.94. The highest BCUT2D eigenvalue weighted by atomic mass is 32.2. The fraction of sp³-hybridized carbons (Fsp3) is 0.107. The van der Waals surface area contributed by atoms with Crippen molar-refractivity contribution in [3.8, 4) is 11.5 Å². The van der Waals surface area contributed by atoms with Crippen LogP contribution in [-0.2, 0) is 17.8 Å². The second-order valence-electron chi connectivity index (χ2n) is 7.85. The van der Waals surface area contributed by atoms with Crippen molar-refractivity contribution in [2.24, 2.45) is 0 Å². The SMILES string of the molecule is C=CCc1cc(/C=C2\SC(=O)N(c3ccccc3)C2=O)cc(OC)c1OCc1ccc(C(=O)O)cc1. The summed E-state index contributed by atoms with van der Waals surface area (Å²) in [6.07, 6.45) is 3.88. The molecule has 0 radical (unpaired) electrons. The molecule has 0 atom stereocenters. The first-order chi connectivity index (χ1) is 17.4. The number of para-hydroxylation sites is 1. The van der Waals surface area contributed by atoms with Crippen LogP contribution >= 0.6 is 11.8 Å². The van der Waals surface area contributed by atoms with Crippen LogP contribution in [0.25, 0.3) is 6.08 Å². The number of imide groups is 1. The summed E-state index contributed by atoms with van der Waals surface area (Å²) in [5.74, 6) is -0.389. The maximum atomic E-state index is 13.0. The van der Waals surface area contributed by atoms with Gasteiger partial charge in [0.15, 0.2) is 11.5 Å². The maximum absolute atomic E-state index is 13.0. The molecule has 0 unspecified atom stereocenters. The Morgan fingerprint density at radius 1 is 1.08 bits per heavy atom. The van der Waals surface area contributed by atoms with Crippen molar-refractivity contribution in [1.82, 2.24) is 0 Å². The summed E-state index contributed by atoms with van der Waals surface area (Å²) < 4.78 is 11.6. The van der Waals surface area contributed by atoms with Crippen molar-refractivity contribution in [2.75, 3.05) is 12.0 Å². The number of nitrogens with zero attached hydrogens (tertiary/aromatic N) is 1. The highest BCUT2D eigenvalue weighted by Crippen LogP contribution is 2.38. The van der Waals surface area contributed by atoms with Crippen molar-refractivity contribution < 1.29 is 29.0 Å². The maximum Gasteiger partial charge on any atom is 0.335 e. The molecule has 0 bridgehead atoms. The number of hydrogen-bond acceptors (Lipinski definition) is 6. The van der Waals surface area contributed by atoms with E-state index < -0.39 is 5.97 Å². The monoisotopic (exact) mass is 501 g/mol. The van der Waals surface area contributed by atoms with E-state index in [9.17, 15) is 14.4 Å². The lowest BCUT2D eigenvalue weighted by Gasteiger charge is -2.16. The lowest BCUT2D eigenvalue weighted by molar-refractivity contribution is -0.113. The van der Waals surface area contributed by atoms with Crippen molar-refractivity contribution in [3.05, 3.63) is 107 Å². The van der Waals surface area contributed by atoms with Gasteiger partial charge in [0.1, 0.15) is 6.61 Å². The Labute approximate surface area is 212 Å². The topological polar surface area (TPSA) is 93.1 Å². The van der Waals surface area contributed by atoms with E-state index in [0.29, 0.717) is 34.1 Å². The van der Waals surface area contributed by atoms with Crippen molar-refractivity contribution in [3.63, 3.8) is 0 Å². The molecule has 1 saturated heterocycles. The molecule has 0 spiro atoms. The number of carboxylic acid groups (broad SMARTS) is 1. The van der Waals surface area contributed by atoms with Gasteiger partial charge in [-0.2, -0.15) is 0 Å². The van der Waals surface area contributed by atoms with Crippen LogP contribution in [0.3, 0.4) is 0 Å². The molecule has 1 aliphatic heterocycles. The van der Waals surface area contributed by atoms with E-state index in [0.717, 1.165) is 27.8 Å². The van der Waals surface area contributed by atoms with Crippen LogP contribution in [0, 0.1) is 0 Å². The van der Waals surface area contributed by atoms with Crippen LogP contribution < -0.4 is 14.4 Å². The van der Waals surface area contributed by atoms with E-state index >= 15 is 0 Å². The third-order valence-corrected chi connectivity index (χ3v) is 6.30. The minimum Gasteiger partial charge on any atom is -0.493 e. The number of aromatic carboxylic acids is 1. The van der Waals surface area contributed by atoms with Crippen LogP contribution in [0.4, 0.5) is 10.5 Å². The quantitative estimate of drug-likeness (QED) is 0.286. The number of allylic oxidation sites excluding steroid dienone is 1. The summed E-state index contributed by atoms with van der Waals surface area (Å²) in [7, 11) is 1.52. The molecule has 0 aromatic heterocycles. The zero-order valence-electron chi connectivity index (χ0n) is 19.5. The van der Waals surface area contributed by atoms with Crippen LogP contribution in [0.1, 0.15) is 27.0 Å². The molecular weight excluding hydrogens is 478 g/mol. The molecule has 36 heavy (non-hydrogen) atoms. The average molecular weight is 502 g/mol. The molecule has 1 heterocycles. The average Bonchev–Trinajstić information content (AvgIpc) is 3.16. The van der Waals surface area contributed by atoms with Gasteiger partial charge in [-0.1, -0.05) is 36.4 Å². The second kappa shape index (κ2) is 11.0.